The Hall–Kier alpha value is -0.390. The zero-order chi connectivity index (χ0) is 10.4. The van der Waals surface area contributed by atoms with E-state index in [9.17, 15) is 0 Å². The average molecular weight is 280 g/mol. The SMILES string of the molecule is NCCCCNc1nc(Cl)ncc1Br. The van der Waals surface area contributed by atoms with Gasteiger partial charge in [0.1, 0.15) is 5.82 Å². The van der Waals surface area contributed by atoms with E-state index in [2.05, 4.69) is 31.2 Å². The number of hydrogen-bond acceptors (Lipinski definition) is 4. The molecule has 3 N–H and O–H groups in total. The molecule has 4 nitrogen and oxygen atoms in total. The van der Waals surface area contributed by atoms with Crippen LogP contribution in [0.25, 0.3) is 0 Å². The first kappa shape index (κ1) is 11.7. The summed E-state index contributed by atoms with van der Waals surface area (Å²) in [5.74, 6) is 0.724. The van der Waals surface area contributed by atoms with Gasteiger partial charge in [0.25, 0.3) is 0 Å². The fourth-order valence-corrected chi connectivity index (χ4v) is 1.41. The van der Waals surface area contributed by atoms with Crippen molar-refractivity contribution in [2.45, 2.75) is 12.8 Å². The number of halogens is 2. The number of unbranched alkanes of at least 4 members (excludes halogenated alkanes) is 1. The summed E-state index contributed by atoms with van der Waals surface area (Å²) < 4.78 is 0.814. The van der Waals surface area contributed by atoms with Crippen LogP contribution < -0.4 is 11.1 Å². The van der Waals surface area contributed by atoms with Gasteiger partial charge >= 0.3 is 0 Å². The second-order valence-electron chi connectivity index (χ2n) is 2.76. The molecular formula is C8H12BrClN4. The lowest BCUT2D eigenvalue weighted by atomic mass is 10.3. The van der Waals surface area contributed by atoms with Crippen molar-refractivity contribution in [3.8, 4) is 0 Å². The molecule has 0 aliphatic carbocycles. The van der Waals surface area contributed by atoms with E-state index >= 15 is 0 Å². The maximum atomic E-state index is 5.65. The molecule has 0 atom stereocenters. The first-order valence-corrected chi connectivity index (χ1v) is 5.53. The lowest BCUT2D eigenvalue weighted by Gasteiger charge is -2.06. The fourth-order valence-electron chi connectivity index (χ4n) is 0.946. The van der Waals surface area contributed by atoms with E-state index in [4.69, 9.17) is 17.3 Å². The topological polar surface area (TPSA) is 63.8 Å². The third kappa shape index (κ3) is 3.77. The van der Waals surface area contributed by atoms with E-state index in [1.54, 1.807) is 6.20 Å². The Morgan fingerprint density at radius 3 is 3.00 bits per heavy atom. The van der Waals surface area contributed by atoms with Crippen molar-refractivity contribution in [2.75, 3.05) is 18.4 Å². The van der Waals surface area contributed by atoms with Crippen molar-refractivity contribution in [3.05, 3.63) is 16.0 Å². The number of nitrogens with zero attached hydrogens (tertiary/aromatic N) is 2. The molecule has 0 amide bonds. The van der Waals surface area contributed by atoms with E-state index < -0.39 is 0 Å². The zero-order valence-corrected chi connectivity index (χ0v) is 9.98. The van der Waals surface area contributed by atoms with Gasteiger partial charge in [0.15, 0.2) is 0 Å². The lowest BCUT2D eigenvalue weighted by Crippen LogP contribution is -2.07. The Balaban J connectivity index is 2.45. The molecule has 0 aliphatic heterocycles. The highest BCUT2D eigenvalue weighted by molar-refractivity contribution is 9.10. The number of nitrogens with one attached hydrogen (secondary N) is 1. The van der Waals surface area contributed by atoms with Gasteiger partial charge in [-0.3, -0.25) is 0 Å². The predicted molar refractivity (Wildman–Crippen MR) is 61.5 cm³/mol. The molecule has 0 fully saturated rings. The van der Waals surface area contributed by atoms with Crippen LogP contribution in [0.3, 0.4) is 0 Å². The Kier molecular flexibility index (Phi) is 5.14. The van der Waals surface area contributed by atoms with E-state index in [1.165, 1.54) is 0 Å². The van der Waals surface area contributed by atoms with Gasteiger partial charge in [0, 0.05) is 12.7 Å². The Morgan fingerprint density at radius 2 is 2.29 bits per heavy atom. The third-order valence-corrected chi connectivity index (χ3v) is 2.40. The second-order valence-corrected chi connectivity index (χ2v) is 3.95. The zero-order valence-electron chi connectivity index (χ0n) is 7.63. The third-order valence-electron chi connectivity index (χ3n) is 1.64. The van der Waals surface area contributed by atoms with Crippen LogP contribution in [0.1, 0.15) is 12.8 Å². The molecule has 1 heterocycles. The summed E-state index contributed by atoms with van der Waals surface area (Å²) in [6.45, 7) is 1.55. The van der Waals surface area contributed by atoms with E-state index in [0.29, 0.717) is 6.54 Å². The van der Waals surface area contributed by atoms with E-state index in [1.807, 2.05) is 0 Å². The molecule has 0 radical (unpaired) electrons. The van der Waals surface area contributed by atoms with Crippen molar-refractivity contribution in [3.63, 3.8) is 0 Å². The quantitative estimate of drug-likeness (QED) is 0.639. The number of rotatable bonds is 5. The summed E-state index contributed by atoms with van der Waals surface area (Å²) in [5.41, 5.74) is 5.38. The smallest absolute Gasteiger partial charge is 0.224 e. The number of hydrogen-bond donors (Lipinski definition) is 2. The van der Waals surface area contributed by atoms with E-state index in [0.717, 1.165) is 29.7 Å². The monoisotopic (exact) mass is 278 g/mol. The van der Waals surface area contributed by atoms with Crippen molar-refractivity contribution in [2.24, 2.45) is 5.73 Å². The van der Waals surface area contributed by atoms with Gasteiger partial charge in [-0.15, -0.1) is 0 Å². The van der Waals surface area contributed by atoms with Crippen LogP contribution in [0.5, 0.6) is 0 Å². The highest BCUT2D eigenvalue weighted by atomic mass is 79.9. The predicted octanol–water partition coefficient (Wildman–Crippen LogP) is 2.04. The van der Waals surface area contributed by atoms with E-state index in [-0.39, 0.29) is 5.28 Å². The second kappa shape index (κ2) is 6.16. The molecule has 78 valence electrons. The summed E-state index contributed by atoms with van der Waals surface area (Å²) in [7, 11) is 0. The normalized spacial score (nSPS) is 10.2. The highest BCUT2D eigenvalue weighted by Crippen LogP contribution is 2.19. The molecule has 0 saturated carbocycles. The fraction of sp³-hybridized carbons (Fsp3) is 0.500. The van der Waals surface area contributed by atoms with Crippen LogP contribution in [0, 0.1) is 0 Å². The minimum atomic E-state index is 0.245. The molecule has 1 aromatic rings. The molecule has 0 spiro atoms. The molecule has 0 saturated heterocycles. The van der Waals surface area contributed by atoms with Crippen molar-refractivity contribution < 1.29 is 0 Å². The maximum Gasteiger partial charge on any atom is 0.224 e. The van der Waals surface area contributed by atoms with Crippen LogP contribution >= 0.6 is 27.5 Å². The standard InChI is InChI=1S/C8H12BrClN4/c9-6-5-13-8(10)14-7(6)12-4-2-1-3-11/h5H,1-4,11H2,(H,12,13,14). The Bertz CT molecular complexity index is 295. The van der Waals surface area contributed by atoms with Gasteiger partial charge in [-0.1, -0.05) is 0 Å². The summed E-state index contributed by atoms with van der Waals surface area (Å²) >= 11 is 8.98. The van der Waals surface area contributed by atoms with Crippen molar-refractivity contribution in [1.29, 1.82) is 0 Å². The van der Waals surface area contributed by atoms with Crippen LogP contribution in [0.4, 0.5) is 5.82 Å². The van der Waals surface area contributed by atoms with Crippen LogP contribution in [0.2, 0.25) is 5.28 Å². The molecule has 6 heteroatoms. The highest BCUT2D eigenvalue weighted by Gasteiger charge is 2.01. The van der Waals surface area contributed by atoms with Crippen LogP contribution in [-0.2, 0) is 0 Å². The van der Waals surface area contributed by atoms with Gasteiger partial charge in [0.2, 0.25) is 5.28 Å². The molecule has 1 rings (SSSR count). The van der Waals surface area contributed by atoms with Crippen molar-refractivity contribution >= 4 is 33.3 Å². The number of anilines is 1. The van der Waals surface area contributed by atoms with Gasteiger partial charge in [0.05, 0.1) is 4.47 Å². The summed E-state index contributed by atoms with van der Waals surface area (Å²) in [6, 6.07) is 0. The van der Waals surface area contributed by atoms with Gasteiger partial charge in [-0.25, -0.2) is 4.98 Å². The van der Waals surface area contributed by atoms with Crippen molar-refractivity contribution in [1.82, 2.24) is 9.97 Å². The molecule has 0 unspecified atom stereocenters. The lowest BCUT2D eigenvalue weighted by molar-refractivity contribution is 0.771. The van der Waals surface area contributed by atoms with Crippen LogP contribution in [-0.4, -0.2) is 23.1 Å². The molecule has 1 aromatic heterocycles. The molecule has 0 aliphatic rings. The maximum absolute atomic E-state index is 5.65. The summed E-state index contributed by atoms with van der Waals surface area (Å²) in [5, 5.41) is 3.40. The Morgan fingerprint density at radius 1 is 1.50 bits per heavy atom. The first-order valence-electron chi connectivity index (χ1n) is 4.36. The van der Waals surface area contributed by atoms with Gasteiger partial charge < -0.3 is 11.1 Å². The first-order chi connectivity index (χ1) is 6.74. The average Bonchev–Trinajstić information content (AvgIpc) is 2.18. The van der Waals surface area contributed by atoms with Gasteiger partial charge in [-0.2, -0.15) is 4.98 Å². The van der Waals surface area contributed by atoms with Gasteiger partial charge in [-0.05, 0) is 46.9 Å². The number of aromatic nitrogens is 2. The minimum absolute atomic E-state index is 0.245. The Labute approximate surface area is 96.4 Å². The molecule has 0 aromatic carbocycles. The molecule has 0 bridgehead atoms. The molecular weight excluding hydrogens is 267 g/mol. The summed E-state index contributed by atoms with van der Waals surface area (Å²) in [4.78, 5) is 7.87. The number of nitrogens with two attached hydrogens (primary N) is 1. The van der Waals surface area contributed by atoms with Crippen LogP contribution in [0.15, 0.2) is 10.7 Å². The summed E-state index contributed by atoms with van der Waals surface area (Å²) in [6.07, 6.45) is 3.65. The largest absolute Gasteiger partial charge is 0.369 e. The minimum Gasteiger partial charge on any atom is -0.369 e. The molecule has 14 heavy (non-hydrogen) atoms.